The fraction of sp³-hybridized carbons (Fsp3) is 0.188. The van der Waals surface area contributed by atoms with E-state index in [0.29, 0.717) is 0 Å². The Balaban J connectivity index is 0.000000168. The highest BCUT2D eigenvalue weighted by atomic mass is 79.9. The predicted molar refractivity (Wildman–Crippen MR) is 161 cm³/mol. The highest BCUT2D eigenvalue weighted by Gasteiger charge is 2.33. The van der Waals surface area contributed by atoms with E-state index in [1.54, 1.807) is 0 Å². The third-order valence-corrected chi connectivity index (χ3v) is 7.83. The molecule has 4 aromatic carbocycles. The first-order valence-electron chi connectivity index (χ1n) is 13.0. The topological polar surface area (TPSA) is 43.2 Å². The van der Waals surface area contributed by atoms with Crippen molar-refractivity contribution in [1.29, 1.82) is 0 Å². The molecule has 4 nitrogen and oxygen atoms in total. The van der Waals surface area contributed by atoms with Crippen molar-refractivity contribution in [3.8, 4) is 0 Å². The van der Waals surface area contributed by atoms with Crippen LogP contribution in [0.25, 0.3) is 0 Å². The Hall–Kier alpha value is -3.50. The lowest BCUT2D eigenvalue weighted by Crippen LogP contribution is -2.14. The molecule has 4 aromatic rings. The van der Waals surface area contributed by atoms with E-state index in [1.807, 2.05) is 62.4 Å². The lowest BCUT2D eigenvalue weighted by atomic mass is 10.0. The van der Waals surface area contributed by atoms with Crippen LogP contribution in [0.1, 0.15) is 48.2 Å². The van der Waals surface area contributed by atoms with E-state index >= 15 is 0 Å². The molecule has 2 aliphatic rings. The van der Waals surface area contributed by atoms with Crippen LogP contribution in [-0.4, -0.2) is 24.0 Å². The molecule has 0 N–H and O–H groups in total. The Morgan fingerprint density at radius 2 is 0.833 bits per heavy atom. The van der Waals surface area contributed by atoms with Crippen molar-refractivity contribution in [1.82, 2.24) is 0 Å². The normalized spacial score (nSPS) is 21.0. The van der Waals surface area contributed by atoms with Gasteiger partial charge in [0.05, 0.1) is 0 Å². The molecule has 0 aliphatic carbocycles. The number of rotatable bonds is 4. The third kappa shape index (κ3) is 6.44. The fourth-order valence-corrected chi connectivity index (χ4v) is 5.20. The second kappa shape index (κ2) is 12.8. The molecule has 0 saturated carbocycles. The van der Waals surface area contributed by atoms with Gasteiger partial charge in [-0.05, 0) is 73.5 Å². The molecule has 0 amide bonds. The average molecular weight is 704 g/mol. The minimum absolute atomic E-state index is 0.0195. The molecule has 10 heteroatoms. The van der Waals surface area contributed by atoms with Gasteiger partial charge in [0.25, 0.3) is 0 Å². The highest BCUT2D eigenvalue weighted by molar-refractivity contribution is 9.10. The average Bonchev–Trinajstić information content (AvgIpc) is 3.52. The maximum atomic E-state index is 13.8. The number of ether oxygens (including phenoxy) is 2. The summed E-state index contributed by atoms with van der Waals surface area (Å²) in [5.41, 5.74) is 1.47. The van der Waals surface area contributed by atoms with Crippen molar-refractivity contribution in [3.63, 3.8) is 0 Å². The van der Waals surface area contributed by atoms with Gasteiger partial charge in [0, 0.05) is 8.95 Å². The summed E-state index contributed by atoms with van der Waals surface area (Å²) in [5, 5.41) is 0. The number of aliphatic imine (C=N–C) groups is 2. The van der Waals surface area contributed by atoms with E-state index in [1.165, 1.54) is 36.4 Å². The molecule has 2 aliphatic heterocycles. The molecule has 0 fully saturated rings. The Labute approximate surface area is 257 Å². The van der Waals surface area contributed by atoms with Crippen LogP contribution in [0.15, 0.2) is 104 Å². The largest absolute Gasteiger partial charge is 0.472 e. The van der Waals surface area contributed by atoms with Crippen LogP contribution in [0, 0.1) is 23.3 Å². The van der Waals surface area contributed by atoms with Crippen LogP contribution < -0.4 is 0 Å². The van der Waals surface area contributed by atoms with Gasteiger partial charge in [-0.25, -0.2) is 27.5 Å². The summed E-state index contributed by atoms with van der Waals surface area (Å²) in [6.07, 6.45) is -0.555. The van der Waals surface area contributed by atoms with Crippen LogP contribution in [0.2, 0.25) is 0 Å². The zero-order valence-electron chi connectivity index (χ0n) is 22.4. The number of hydrogen-bond donors (Lipinski definition) is 0. The number of hydrogen-bond acceptors (Lipinski definition) is 4. The van der Waals surface area contributed by atoms with E-state index in [2.05, 4.69) is 41.8 Å². The third-order valence-electron chi connectivity index (χ3n) is 6.77. The van der Waals surface area contributed by atoms with E-state index in [0.717, 1.165) is 20.1 Å². The molecule has 0 aromatic heterocycles. The molecule has 0 unspecified atom stereocenters. The second-order valence-electron chi connectivity index (χ2n) is 9.70. The molecule has 4 atom stereocenters. The Morgan fingerprint density at radius 3 is 1.14 bits per heavy atom. The summed E-state index contributed by atoms with van der Waals surface area (Å²) in [6, 6.07) is 22.2. The van der Waals surface area contributed by atoms with E-state index in [-0.39, 0.29) is 47.2 Å². The maximum Gasteiger partial charge on any atom is 0.223 e. The maximum absolute atomic E-state index is 13.8. The molecule has 0 radical (unpaired) electrons. The summed E-state index contributed by atoms with van der Waals surface area (Å²) >= 11 is 6.74. The predicted octanol–water partition coefficient (Wildman–Crippen LogP) is 9.27. The van der Waals surface area contributed by atoms with Gasteiger partial charge in [-0.15, -0.1) is 0 Å². The van der Waals surface area contributed by atoms with Crippen molar-refractivity contribution in [2.75, 3.05) is 0 Å². The first kappa shape index (κ1) is 30.0. The second-order valence-corrected chi connectivity index (χ2v) is 11.5. The Bertz CT molecular complexity index is 1480. The van der Waals surface area contributed by atoms with Crippen molar-refractivity contribution >= 4 is 43.7 Å². The van der Waals surface area contributed by atoms with Crippen LogP contribution in [0.5, 0.6) is 0 Å². The van der Waals surface area contributed by atoms with Gasteiger partial charge >= 0.3 is 0 Å². The van der Waals surface area contributed by atoms with Crippen molar-refractivity contribution in [2.45, 2.75) is 38.1 Å². The SMILES string of the molecule is C[C@@H]1OC(c2c(F)cccc2F)=N[C@H]1c1ccc(Br)cc1.C[C@H]1OC(c2c(F)cccc2F)=N[C@@H]1c1ccc(Br)cc1. The first-order valence-corrected chi connectivity index (χ1v) is 14.6. The van der Waals surface area contributed by atoms with Gasteiger partial charge in [0.1, 0.15) is 58.7 Å². The van der Waals surface area contributed by atoms with Gasteiger partial charge in [0.2, 0.25) is 11.8 Å². The minimum atomic E-state index is -0.669. The Morgan fingerprint density at radius 1 is 0.524 bits per heavy atom. The number of halogens is 6. The summed E-state index contributed by atoms with van der Waals surface area (Å²) in [4.78, 5) is 8.72. The van der Waals surface area contributed by atoms with Crippen LogP contribution in [0.3, 0.4) is 0 Å². The zero-order valence-corrected chi connectivity index (χ0v) is 25.5. The van der Waals surface area contributed by atoms with Gasteiger partial charge in [-0.2, -0.15) is 0 Å². The lowest BCUT2D eigenvalue weighted by Gasteiger charge is -2.13. The van der Waals surface area contributed by atoms with Crippen LogP contribution >= 0.6 is 31.9 Å². The molecule has 0 bridgehead atoms. The van der Waals surface area contributed by atoms with Crippen molar-refractivity contribution in [3.05, 3.63) is 139 Å². The quantitative estimate of drug-likeness (QED) is 0.199. The molecule has 0 saturated heterocycles. The van der Waals surface area contributed by atoms with Gasteiger partial charge in [0.15, 0.2) is 0 Å². The Kier molecular flexibility index (Phi) is 9.13. The van der Waals surface area contributed by atoms with Crippen molar-refractivity contribution in [2.24, 2.45) is 9.98 Å². The van der Waals surface area contributed by atoms with Crippen LogP contribution in [-0.2, 0) is 9.47 Å². The standard InChI is InChI=1S/2C16H12BrF2NO/c2*1-9-15(10-5-7-11(17)8-6-10)20-16(21-9)14-12(18)3-2-4-13(14)19/h2*2-9,15H,1H3/t2*9-,15+/m10/s1. The van der Waals surface area contributed by atoms with Crippen molar-refractivity contribution < 1.29 is 27.0 Å². The van der Waals surface area contributed by atoms with E-state index in [4.69, 9.17) is 9.47 Å². The lowest BCUT2D eigenvalue weighted by molar-refractivity contribution is 0.212. The van der Waals surface area contributed by atoms with Gasteiger partial charge in [-0.1, -0.05) is 68.3 Å². The molecular formula is C32H24Br2F4N2O2. The smallest absolute Gasteiger partial charge is 0.223 e. The van der Waals surface area contributed by atoms with E-state index < -0.39 is 23.3 Å². The van der Waals surface area contributed by atoms with Crippen LogP contribution in [0.4, 0.5) is 17.6 Å². The summed E-state index contributed by atoms with van der Waals surface area (Å²) < 4.78 is 68.3. The summed E-state index contributed by atoms with van der Waals surface area (Å²) in [7, 11) is 0. The summed E-state index contributed by atoms with van der Waals surface area (Å²) in [5.74, 6) is -2.64. The zero-order chi connectivity index (χ0) is 30.0. The van der Waals surface area contributed by atoms with Gasteiger partial charge in [-0.3, -0.25) is 0 Å². The molecule has 216 valence electrons. The molecule has 42 heavy (non-hydrogen) atoms. The number of nitrogens with zero attached hydrogens (tertiary/aromatic N) is 2. The molecular weight excluding hydrogens is 680 g/mol. The number of benzene rings is 4. The minimum Gasteiger partial charge on any atom is -0.472 e. The molecule has 0 spiro atoms. The first-order chi connectivity index (χ1) is 20.1. The molecule has 2 heterocycles. The van der Waals surface area contributed by atoms with Gasteiger partial charge < -0.3 is 9.47 Å². The monoisotopic (exact) mass is 702 g/mol. The molecule has 6 rings (SSSR count). The fourth-order valence-electron chi connectivity index (χ4n) is 4.67. The highest BCUT2D eigenvalue weighted by Crippen LogP contribution is 2.34. The summed E-state index contributed by atoms with van der Waals surface area (Å²) in [6.45, 7) is 3.67. The van der Waals surface area contributed by atoms with E-state index in [9.17, 15) is 17.6 Å².